The summed E-state index contributed by atoms with van der Waals surface area (Å²) < 4.78 is 63.7. The summed E-state index contributed by atoms with van der Waals surface area (Å²) in [5, 5.41) is 10.0. The first-order valence-electron chi connectivity index (χ1n) is 12.0. The number of furan rings is 1. The number of nitrogens with zero attached hydrogens (tertiary/aromatic N) is 4. The number of pyridine rings is 1. The Hall–Kier alpha value is -3.57. The van der Waals surface area contributed by atoms with Crippen molar-refractivity contribution in [2.45, 2.75) is 56.1 Å². The highest BCUT2D eigenvalue weighted by Gasteiger charge is 2.37. The lowest BCUT2D eigenvalue weighted by molar-refractivity contribution is -0.0435. The fraction of sp³-hybridized carbons (Fsp3) is 0.308. The Bertz CT molecular complexity index is 1730. The van der Waals surface area contributed by atoms with Gasteiger partial charge in [0.05, 0.1) is 16.6 Å². The van der Waals surface area contributed by atoms with Crippen LogP contribution in [0.4, 0.5) is 8.78 Å². The first-order valence-corrected chi connectivity index (χ1v) is 13.4. The van der Waals surface area contributed by atoms with E-state index in [1.165, 1.54) is 12.4 Å². The number of aryl methyl sites for hydroxylation is 1. The van der Waals surface area contributed by atoms with Gasteiger partial charge in [-0.2, -0.15) is 0 Å². The third-order valence-corrected chi connectivity index (χ3v) is 8.68. The number of benzene rings is 1. The van der Waals surface area contributed by atoms with Crippen LogP contribution in [-0.2, 0) is 16.6 Å². The molecular weight excluding hydrogens is 502 g/mol. The molecule has 0 radical (unpaired) electrons. The second-order valence-electron chi connectivity index (χ2n) is 9.48. The number of hydrogen-bond acceptors (Lipinski definition) is 6. The van der Waals surface area contributed by atoms with Crippen molar-refractivity contribution in [2.75, 3.05) is 0 Å². The van der Waals surface area contributed by atoms with Crippen LogP contribution in [0.15, 0.2) is 64.2 Å². The van der Waals surface area contributed by atoms with E-state index in [9.17, 15) is 22.3 Å². The summed E-state index contributed by atoms with van der Waals surface area (Å²) in [6, 6.07) is 11.2. The molecule has 1 aliphatic carbocycles. The fourth-order valence-corrected chi connectivity index (χ4v) is 6.36. The SMILES string of the molecule is Cc1ccc(S(=O)(=O)n2ccc3c2ncc2nc(-c4ccc(CO)o4)n(C4CCC(F)(F)CC4)c23)cc1. The quantitative estimate of drug-likeness (QED) is 0.327. The molecule has 0 bridgehead atoms. The number of alkyl halides is 2. The molecule has 192 valence electrons. The van der Waals surface area contributed by atoms with E-state index in [1.807, 2.05) is 11.5 Å². The average Bonchev–Trinajstić information content (AvgIpc) is 3.60. The molecule has 4 aromatic heterocycles. The molecule has 1 saturated carbocycles. The van der Waals surface area contributed by atoms with Gasteiger partial charge in [0.1, 0.15) is 17.9 Å². The molecule has 6 rings (SSSR count). The van der Waals surface area contributed by atoms with Crippen LogP contribution in [0.1, 0.15) is 43.0 Å². The third kappa shape index (κ3) is 3.93. The molecule has 0 unspecified atom stereocenters. The third-order valence-electron chi connectivity index (χ3n) is 7.00. The van der Waals surface area contributed by atoms with Crippen LogP contribution in [-0.4, -0.2) is 38.0 Å². The highest BCUT2D eigenvalue weighted by Crippen LogP contribution is 2.43. The Morgan fingerprint density at radius 3 is 2.51 bits per heavy atom. The van der Waals surface area contributed by atoms with Gasteiger partial charge < -0.3 is 14.1 Å². The van der Waals surface area contributed by atoms with Gasteiger partial charge in [0, 0.05) is 30.5 Å². The molecule has 1 aliphatic rings. The number of aliphatic hydroxyl groups excluding tert-OH is 1. The van der Waals surface area contributed by atoms with Crippen LogP contribution in [0, 0.1) is 6.92 Å². The van der Waals surface area contributed by atoms with E-state index >= 15 is 0 Å². The number of halogens is 2. The Balaban J connectivity index is 1.57. The zero-order chi connectivity index (χ0) is 25.9. The van der Waals surface area contributed by atoms with Crippen LogP contribution in [0.2, 0.25) is 0 Å². The van der Waals surface area contributed by atoms with Crippen molar-refractivity contribution in [3.63, 3.8) is 0 Å². The number of hydrogen-bond donors (Lipinski definition) is 1. The minimum Gasteiger partial charge on any atom is -0.455 e. The largest absolute Gasteiger partial charge is 0.455 e. The lowest BCUT2D eigenvalue weighted by atomic mass is 9.91. The van der Waals surface area contributed by atoms with Crippen LogP contribution < -0.4 is 0 Å². The van der Waals surface area contributed by atoms with Gasteiger partial charge in [0.2, 0.25) is 5.92 Å². The van der Waals surface area contributed by atoms with E-state index < -0.39 is 15.9 Å². The molecule has 8 nitrogen and oxygen atoms in total. The van der Waals surface area contributed by atoms with Crippen molar-refractivity contribution in [1.29, 1.82) is 0 Å². The molecule has 0 aliphatic heterocycles. The zero-order valence-electron chi connectivity index (χ0n) is 19.9. The number of fused-ring (bicyclic) bond motifs is 3. The van der Waals surface area contributed by atoms with Crippen molar-refractivity contribution in [3.8, 4) is 11.6 Å². The van der Waals surface area contributed by atoms with E-state index in [2.05, 4.69) is 4.98 Å². The maximum atomic E-state index is 14.0. The number of imidazole rings is 1. The van der Waals surface area contributed by atoms with E-state index in [-0.39, 0.29) is 48.9 Å². The topological polar surface area (TPSA) is 103 Å². The smallest absolute Gasteiger partial charge is 0.269 e. The Morgan fingerprint density at radius 1 is 1.11 bits per heavy atom. The van der Waals surface area contributed by atoms with Crippen LogP contribution in [0.3, 0.4) is 0 Å². The second kappa shape index (κ2) is 8.49. The lowest BCUT2D eigenvalue weighted by Gasteiger charge is -2.30. The summed E-state index contributed by atoms with van der Waals surface area (Å²) >= 11 is 0. The van der Waals surface area contributed by atoms with Gasteiger partial charge in [-0.05, 0) is 50.1 Å². The molecule has 0 atom stereocenters. The maximum Gasteiger partial charge on any atom is 0.269 e. The van der Waals surface area contributed by atoms with E-state index in [0.717, 1.165) is 9.54 Å². The highest BCUT2D eigenvalue weighted by molar-refractivity contribution is 7.90. The average molecular weight is 527 g/mol. The van der Waals surface area contributed by atoms with Crippen molar-refractivity contribution in [2.24, 2.45) is 0 Å². The van der Waals surface area contributed by atoms with Gasteiger partial charge in [0.25, 0.3) is 10.0 Å². The monoisotopic (exact) mass is 526 g/mol. The summed E-state index contributed by atoms with van der Waals surface area (Å²) in [6.07, 6.45) is 2.89. The molecule has 0 saturated heterocycles. The molecule has 0 amide bonds. The fourth-order valence-electron chi connectivity index (χ4n) is 5.06. The van der Waals surface area contributed by atoms with Crippen LogP contribution >= 0.6 is 0 Å². The summed E-state index contributed by atoms with van der Waals surface area (Å²) in [5.74, 6) is -1.56. The van der Waals surface area contributed by atoms with Gasteiger partial charge in [-0.1, -0.05) is 17.7 Å². The summed E-state index contributed by atoms with van der Waals surface area (Å²) in [4.78, 5) is 9.28. The van der Waals surface area contributed by atoms with Gasteiger partial charge in [-0.15, -0.1) is 0 Å². The summed E-state index contributed by atoms with van der Waals surface area (Å²) in [5.41, 5.74) is 2.26. The maximum absolute atomic E-state index is 14.0. The number of aromatic nitrogens is 4. The first-order chi connectivity index (χ1) is 17.7. The molecule has 1 N–H and O–H groups in total. The standard InChI is InChI=1S/C26H24F2N4O4S/c1-16-2-5-19(6-3-16)37(34,35)31-13-10-20-23-21(14-29-24(20)31)30-25(22-7-4-18(15-33)36-22)32(23)17-8-11-26(27,28)12-9-17/h2-7,10,13-14,17,33H,8-9,11-12,15H2,1H3. The van der Waals surface area contributed by atoms with E-state index in [4.69, 9.17) is 9.40 Å². The normalized spacial score (nSPS) is 16.6. The second-order valence-corrected chi connectivity index (χ2v) is 11.3. The molecular formula is C26H24F2N4O4S. The van der Waals surface area contributed by atoms with Gasteiger partial charge in [-0.3, -0.25) is 0 Å². The number of rotatable bonds is 5. The minimum atomic E-state index is -3.93. The van der Waals surface area contributed by atoms with Crippen molar-refractivity contribution in [3.05, 3.63) is 66.2 Å². The Labute approximate surface area is 211 Å². The van der Waals surface area contributed by atoms with Crippen LogP contribution in [0.5, 0.6) is 0 Å². The van der Waals surface area contributed by atoms with Gasteiger partial charge >= 0.3 is 0 Å². The zero-order valence-corrected chi connectivity index (χ0v) is 20.8. The predicted molar refractivity (Wildman–Crippen MR) is 133 cm³/mol. The van der Waals surface area contributed by atoms with Crippen molar-refractivity contribution >= 4 is 32.1 Å². The molecule has 4 heterocycles. The Kier molecular flexibility index (Phi) is 5.46. The Morgan fingerprint density at radius 2 is 1.84 bits per heavy atom. The summed E-state index contributed by atoms with van der Waals surface area (Å²) in [6.45, 7) is 1.59. The summed E-state index contributed by atoms with van der Waals surface area (Å²) in [7, 11) is -3.93. The van der Waals surface area contributed by atoms with E-state index in [1.54, 1.807) is 42.5 Å². The van der Waals surface area contributed by atoms with E-state index in [0.29, 0.717) is 33.8 Å². The molecule has 1 fully saturated rings. The predicted octanol–water partition coefficient (Wildman–Crippen LogP) is 5.43. The van der Waals surface area contributed by atoms with Gasteiger partial charge in [-0.25, -0.2) is 31.1 Å². The first kappa shape index (κ1) is 23.8. The highest BCUT2D eigenvalue weighted by atomic mass is 32.2. The molecule has 0 spiro atoms. The van der Waals surface area contributed by atoms with Crippen molar-refractivity contribution < 1.29 is 26.7 Å². The lowest BCUT2D eigenvalue weighted by Crippen LogP contribution is -2.26. The minimum absolute atomic E-state index is 0.133. The van der Waals surface area contributed by atoms with Crippen LogP contribution in [0.25, 0.3) is 33.7 Å². The van der Waals surface area contributed by atoms with Crippen molar-refractivity contribution in [1.82, 2.24) is 18.5 Å². The molecule has 11 heteroatoms. The molecule has 5 aromatic rings. The molecule has 37 heavy (non-hydrogen) atoms. The molecule has 1 aromatic carbocycles. The van der Waals surface area contributed by atoms with Gasteiger partial charge in [0.15, 0.2) is 17.2 Å². The number of aliphatic hydroxyl groups is 1.